The largest absolute Gasteiger partial charge is 0.493 e. The molecule has 0 atom stereocenters. The highest BCUT2D eigenvalue weighted by Gasteiger charge is 2.35. The summed E-state index contributed by atoms with van der Waals surface area (Å²) in [6.07, 6.45) is 3.47. The van der Waals surface area contributed by atoms with Gasteiger partial charge in [-0.1, -0.05) is 35.3 Å². The molecule has 0 aliphatic carbocycles. The van der Waals surface area contributed by atoms with Gasteiger partial charge in [-0.2, -0.15) is 5.26 Å². The number of nitrogens with zero attached hydrogens (tertiary/aromatic N) is 2. The minimum absolute atomic E-state index is 0.114. The first-order valence-electron chi connectivity index (χ1n) is 9.49. The number of hydrogen-bond donors (Lipinski definition) is 1. The molecule has 2 aromatic rings. The highest BCUT2D eigenvalue weighted by Crippen LogP contribution is 2.36. The summed E-state index contributed by atoms with van der Waals surface area (Å²) in [5.74, 6) is -0.602. The van der Waals surface area contributed by atoms with Crippen LogP contribution in [-0.4, -0.2) is 30.6 Å². The number of carbonyl (C=O) groups excluding carboxylic acids is 2. The molecule has 1 saturated heterocycles. The van der Waals surface area contributed by atoms with Crippen LogP contribution in [0.25, 0.3) is 6.08 Å². The van der Waals surface area contributed by atoms with Crippen molar-refractivity contribution in [2.45, 2.75) is 6.42 Å². The van der Waals surface area contributed by atoms with Gasteiger partial charge in [0.1, 0.15) is 11.6 Å². The van der Waals surface area contributed by atoms with Gasteiger partial charge in [-0.05, 0) is 54.5 Å². The first-order chi connectivity index (χ1) is 15.8. The predicted octanol–water partition coefficient (Wildman–Crippen LogP) is 4.46. The maximum absolute atomic E-state index is 13.3. The molecule has 0 spiro atoms. The Hall–Kier alpha value is -3.38. The van der Waals surface area contributed by atoms with E-state index >= 15 is 0 Å². The summed E-state index contributed by atoms with van der Waals surface area (Å²) in [5.41, 5.74) is 1.24. The smallest absolute Gasteiger partial charge is 0.270 e. The molecule has 1 aliphatic rings. The minimum Gasteiger partial charge on any atom is -0.493 e. The van der Waals surface area contributed by atoms with Gasteiger partial charge in [0.25, 0.3) is 11.8 Å². The molecule has 0 bridgehead atoms. The fourth-order valence-corrected chi connectivity index (χ4v) is 3.86. The number of ether oxygens (including phenoxy) is 2. The molecule has 0 radical (unpaired) electrons. The average molecular weight is 502 g/mol. The summed E-state index contributed by atoms with van der Waals surface area (Å²) in [6.45, 7) is 3.56. The van der Waals surface area contributed by atoms with E-state index in [1.54, 1.807) is 36.4 Å². The Morgan fingerprint density at radius 1 is 1.30 bits per heavy atom. The maximum Gasteiger partial charge on any atom is 0.270 e. The number of thiocarbonyl (C=S) groups is 1. The highest BCUT2D eigenvalue weighted by atomic mass is 35.5. The average Bonchev–Trinajstić information content (AvgIpc) is 2.78. The van der Waals surface area contributed by atoms with Crippen LogP contribution in [-0.2, 0) is 16.0 Å². The lowest BCUT2D eigenvalue weighted by Crippen LogP contribution is -2.54. The molecule has 0 aromatic heterocycles. The normalized spacial score (nSPS) is 14.7. The first kappa shape index (κ1) is 24.3. The lowest BCUT2D eigenvalue weighted by molar-refractivity contribution is -0.122. The van der Waals surface area contributed by atoms with Crippen molar-refractivity contribution in [1.82, 2.24) is 5.32 Å². The Balaban J connectivity index is 2.10. The Morgan fingerprint density at radius 2 is 2.06 bits per heavy atom. The Labute approximate surface area is 205 Å². The molecule has 1 fully saturated rings. The molecule has 2 amide bonds. The van der Waals surface area contributed by atoms with Crippen molar-refractivity contribution in [2.75, 3.05) is 18.6 Å². The van der Waals surface area contributed by atoms with Crippen molar-refractivity contribution in [3.8, 4) is 17.6 Å². The number of carbonyl (C=O) groups is 2. The van der Waals surface area contributed by atoms with Crippen LogP contribution in [0.15, 0.2) is 48.6 Å². The molecule has 1 N–H and O–H groups in total. The van der Waals surface area contributed by atoms with Crippen molar-refractivity contribution < 1.29 is 19.1 Å². The van der Waals surface area contributed by atoms with Crippen molar-refractivity contribution in [2.24, 2.45) is 0 Å². The summed E-state index contributed by atoms with van der Waals surface area (Å²) >= 11 is 17.6. The molecule has 168 valence electrons. The van der Waals surface area contributed by atoms with Crippen LogP contribution in [0, 0.1) is 11.3 Å². The van der Waals surface area contributed by atoms with Gasteiger partial charge in [0, 0.05) is 5.56 Å². The third-order valence-electron chi connectivity index (χ3n) is 4.60. The number of nitriles is 1. The van der Waals surface area contributed by atoms with Crippen LogP contribution in [0.2, 0.25) is 10.0 Å². The number of allylic oxidation sites excluding steroid dienone is 1. The van der Waals surface area contributed by atoms with Crippen molar-refractivity contribution in [1.29, 1.82) is 5.26 Å². The summed E-state index contributed by atoms with van der Waals surface area (Å²) in [4.78, 5) is 27.0. The standard InChI is InChI=1S/C23H17Cl2N3O4S/c1-3-5-14-10-13(12-18(31-2)20(14)32-9-8-26)11-15-21(29)27-23(33)28(22(15)30)17-7-4-6-16(24)19(17)25/h3-4,6-7,10-12H,1,5,9H2,2H3,(H,27,29,33)/b15-11+. The topological polar surface area (TPSA) is 91.7 Å². The van der Waals surface area contributed by atoms with Crippen LogP contribution in [0.1, 0.15) is 11.1 Å². The Bertz CT molecular complexity index is 1240. The van der Waals surface area contributed by atoms with Crippen LogP contribution >= 0.6 is 35.4 Å². The van der Waals surface area contributed by atoms with Crippen LogP contribution in [0.4, 0.5) is 5.69 Å². The summed E-state index contributed by atoms with van der Waals surface area (Å²) < 4.78 is 10.9. The van der Waals surface area contributed by atoms with E-state index in [0.717, 1.165) is 4.90 Å². The maximum atomic E-state index is 13.3. The van der Waals surface area contributed by atoms with E-state index in [1.165, 1.54) is 13.2 Å². The molecule has 2 aromatic carbocycles. The lowest BCUT2D eigenvalue weighted by atomic mass is 10.0. The second-order valence-corrected chi connectivity index (χ2v) is 7.85. The number of nitrogens with one attached hydrogen (secondary N) is 1. The second kappa shape index (κ2) is 10.5. The second-order valence-electron chi connectivity index (χ2n) is 6.68. The molecule has 10 heteroatoms. The van der Waals surface area contributed by atoms with E-state index in [-0.39, 0.29) is 33.0 Å². The van der Waals surface area contributed by atoms with Gasteiger partial charge in [-0.25, -0.2) is 0 Å². The quantitative estimate of drug-likeness (QED) is 0.260. The Kier molecular flexibility index (Phi) is 7.71. The molecule has 7 nitrogen and oxygen atoms in total. The fraction of sp³-hybridized carbons (Fsp3) is 0.130. The monoisotopic (exact) mass is 501 g/mol. The van der Waals surface area contributed by atoms with E-state index in [0.29, 0.717) is 29.0 Å². The van der Waals surface area contributed by atoms with Gasteiger partial charge in [-0.15, -0.1) is 6.58 Å². The number of benzene rings is 2. The number of anilines is 1. The zero-order valence-electron chi connectivity index (χ0n) is 17.4. The SMILES string of the molecule is C=CCc1cc(/C=C2\C(=O)NC(=S)N(c3cccc(Cl)c3Cl)C2=O)cc(OC)c1OCC#N. The molecular formula is C23H17Cl2N3O4S. The number of rotatable bonds is 7. The minimum atomic E-state index is -0.665. The van der Waals surface area contributed by atoms with Crippen molar-refractivity contribution in [3.63, 3.8) is 0 Å². The number of amides is 2. The van der Waals surface area contributed by atoms with Crippen molar-refractivity contribution >= 4 is 64.1 Å². The number of methoxy groups -OCH3 is 1. The zero-order chi connectivity index (χ0) is 24.1. The number of hydrogen-bond acceptors (Lipinski definition) is 6. The third-order valence-corrected chi connectivity index (χ3v) is 5.70. The van der Waals surface area contributed by atoms with E-state index in [2.05, 4.69) is 11.9 Å². The van der Waals surface area contributed by atoms with E-state index in [1.807, 2.05) is 6.07 Å². The Morgan fingerprint density at radius 3 is 2.73 bits per heavy atom. The molecule has 33 heavy (non-hydrogen) atoms. The fourth-order valence-electron chi connectivity index (χ4n) is 3.20. The lowest BCUT2D eigenvalue weighted by Gasteiger charge is -2.29. The molecule has 1 heterocycles. The van der Waals surface area contributed by atoms with Gasteiger partial charge in [0.2, 0.25) is 0 Å². The molecule has 0 unspecified atom stereocenters. The van der Waals surface area contributed by atoms with Crippen molar-refractivity contribution in [3.05, 3.63) is 69.7 Å². The van der Waals surface area contributed by atoms with Gasteiger partial charge in [-0.3, -0.25) is 19.8 Å². The van der Waals surface area contributed by atoms with Crippen LogP contribution in [0.5, 0.6) is 11.5 Å². The van der Waals surface area contributed by atoms with E-state index in [4.69, 9.17) is 50.2 Å². The molecule has 0 saturated carbocycles. The molecule has 1 aliphatic heterocycles. The van der Waals surface area contributed by atoms with Crippen LogP contribution in [0.3, 0.4) is 0 Å². The summed E-state index contributed by atoms with van der Waals surface area (Å²) in [7, 11) is 1.45. The summed E-state index contributed by atoms with van der Waals surface area (Å²) in [5, 5.41) is 11.6. The van der Waals surface area contributed by atoms with Gasteiger partial charge >= 0.3 is 0 Å². The number of halogens is 2. The molecule has 3 rings (SSSR count). The third kappa shape index (κ3) is 5.01. The van der Waals surface area contributed by atoms with Gasteiger partial charge in [0.05, 0.1) is 22.8 Å². The van der Waals surface area contributed by atoms with E-state index < -0.39 is 11.8 Å². The first-order valence-corrected chi connectivity index (χ1v) is 10.7. The highest BCUT2D eigenvalue weighted by molar-refractivity contribution is 7.80. The summed E-state index contributed by atoms with van der Waals surface area (Å²) in [6, 6.07) is 9.98. The van der Waals surface area contributed by atoms with E-state index in [9.17, 15) is 9.59 Å². The zero-order valence-corrected chi connectivity index (χ0v) is 19.7. The molecular weight excluding hydrogens is 485 g/mol. The van der Waals surface area contributed by atoms with Gasteiger partial charge in [0.15, 0.2) is 23.2 Å². The van der Waals surface area contributed by atoms with Gasteiger partial charge < -0.3 is 9.47 Å². The van der Waals surface area contributed by atoms with Crippen LogP contribution < -0.4 is 19.7 Å². The predicted molar refractivity (Wildman–Crippen MR) is 131 cm³/mol.